The predicted molar refractivity (Wildman–Crippen MR) is 68.9 cm³/mol. The van der Waals surface area contributed by atoms with Gasteiger partial charge in [-0.1, -0.05) is 6.07 Å². The minimum atomic E-state index is -0.265. The molecule has 1 aromatic heterocycles. The van der Waals surface area contributed by atoms with Crippen molar-refractivity contribution in [2.45, 2.75) is 25.9 Å². The Morgan fingerprint density at radius 2 is 2.37 bits per heavy atom. The van der Waals surface area contributed by atoms with Gasteiger partial charge in [0.25, 0.3) is 0 Å². The van der Waals surface area contributed by atoms with Crippen molar-refractivity contribution in [1.29, 1.82) is 0 Å². The molecule has 5 heteroatoms. The topological polar surface area (TPSA) is 62.3 Å². The van der Waals surface area contributed by atoms with Crippen molar-refractivity contribution in [1.82, 2.24) is 15.2 Å². The number of pyridine rings is 1. The molecular formula is C14H17N3O2. The molecule has 0 spiro atoms. The van der Waals surface area contributed by atoms with Gasteiger partial charge in [-0.25, -0.2) is 0 Å². The first-order valence-corrected chi connectivity index (χ1v) is 6.60. The Morgan fingerprint density at radius 1 is 1.53 bits per heavy atom. The Labute approximate surface area is 112 Å². The zero-order valence-corrected chi connectivity index (χ0v) is 10.9. The van der Waals surface area contributed by atoms with Crippen molar-refractivity contribution >= 4 is 11.8 Å². The molecule has 100 valence electrons. The summed E-state index contributed by atoms with van der Waals surface area (Å²) in [5.74, 6) is 0.869. The van der Waals surface area contributed by atoms with Crippen LogP contribution in [0.25, 0.3) is 0 Å². The van der Waals surface area contributed by atoms with Gasteiger partial charge >= 0.3 is 0 Å². The van der Waals surface area contributed by atoms with Crippen LogP contribution >= 0.6 is 0 Å². The molecule has 5 nitrogen and oxygen atoms in total. The number of likely N-dealkylation sites (tertiary alicyclic amines) is 1. The molecule has 3 atom stereocenters. The summed E-state index contributed by atoms with van der Waals surface area (Å²) in [4.78, 5) is 29.5. The second-order valence-corrected chi connectivity index (χ2v) is 5.35. The van der Waals surface area contributed by atoms with Gasteiger partial charge in [-0.2, -0.15) is 0 Å². The van der Waals surface area contributed by atoms with Gasteiger partial charge < -0.3 is 10.2 Å². The van der Waals surface area contributed by atoms with Crippen molar-refractivity contribution < 1.29 is 9.59 Å². The third-order valence-corrected chi connectivity index (χ3v) is 4.01. The number of nitrogens with one attached hydrogen (secondary N) is 1. The normalized spacial score (nSPS) is 27.8. The summed E-state index contributed by atoms with van der Waals surface area (Å²) in [6, 6.07) is 3.50. The lowest BCUT2D eigenvalue weighted by molar-refractivity contribution is -0.138. The van der Waals surface area contributed by atoms with Crippen molar-refractivity contribution in [3.8, 4) is 0 Å². The number of fused-ring (bicyclic) bond motifs is 1. The molecule has 2 amide bonds. The van der Waals surface area contributed by atoms with Gasteiger partial charge in [0.2, 0.25) is 11.8 Å². The second-order valence-electron chi connectivity index (χ2n) is 5.35. The molecule has 1 saturated heterocycles. The van der Waals surface area contributed by atoms with Gasteiger partial charge in [-0.05, 0) is 29.9 Å². The van der Waals surface area contributed by atoms with Crippen LogP contribution in [-0.2, 0) is 16.1 Å². The zero-order valence-electron chi connectivity index (χ0n) is 10.9. The number of carbonyl (C=O) groups excluding carboxylic acids is 2. The van der Waals surface area contributed by atoms with Gasteiger partial charge in [-0.15, -0.1) is 0 Å². The lowest BCUT2D eigenvalue weighted by Gasteiger charge is -2.25. The van der Waals surface area contributed by atoms with E-state index in [9.17, 15) is 9.59 Å². The van der Waals surface area contributed by atoms with E-state index in [4.69, 9.17) is 0 Å². The molecule has 1 N–H and O–H groups in total. The average Bonchev–Trinajstić information content (AvgIpc) is 3.07. The summed E-state index contributed by atoms with van der Waals surface area (Å²) in [6.07, 6.45) is 4.51. The Kier molecular flexibility index (Phi) is 2.97. The molecule has 2 unspecified atom stereocenters. The molecule has 2 heterocycles. The first-order valence-electron chi connectivity index (χ1n) is 6.60. The molecule has 0 radical (unpaired) electrons. The monoisotopic (exact) mass is 259 g/mol. The first kappa shape index (κ1) is 12.1. The molecule has 2 aliphatic rings. The lowest BCUT2D eigenvalue weighted by Crippen LogP contribution is -2.47. The molecule has 1 aliphatic carbocycles. The quantitative estimate of drug-likeness (QED) is 0.863. The number of hydrogen-bond donors (Lipinski definition) is 1. The molecular weight excluding hydrogens is 242 g/mol. The van der Waals surface area contributed by atoms with Gasteiger partial charge in [0.15, 0.2) is 0 Å². The number of amides is 2. The van der Waals surface area contributed by atoms with Crippen molar-refractivity contribution in [3.05, 3.63) is 30.1 Å². The van der Waals surface area contributed by atoms with Crippen LogP contribution in [0.15, 0.2) is 24.5 Å². The van der Waals surface area contributed by atoms with Crippen LogP contribution in [0.3, 0.4) is 0 Å². The Hall–Kier alpha value is -1.91. The van der Waals surface area contributed by atoms with E-state index in [0.717, 1.165) is 18.5 Å². The van der Waals surface area contributed by atoms with Crippen molar-refractivity contribution in [3.63, 3.8) is 0 Å². The molecule has 2 fully saturated rings. The average molecular weight is 259 g/mol. The number of hydrogen-bond acceptors (Lipinski definition) is 3. The van der Waals surface area contributed by atoms with Gasteiger partial charge in [0.05, 0.1) is 0 Å². The highest BCUT2D eigenvalue weighted by molar-refractivity contribution is 5.88. The fourth-order valence-electron chi connectivity index (χ4n) is 2.92. The van der Waals surface area contributed by atoms with Gasteiger partial charge in [-0.3, -0.25) is 14.6 Å². The Balaban J connectivity index is 1.62. The smallest absolute Gasteiger partial charge is 0.243 e. The standard InChI is InChI=1S/C14H17N3O2/c1-9(18)17-8-11-5-12(11)13(17)14(19)16-7-10-3-2-4-15-6-10/h2-4,6,11-13H,5,7-8H2,1H3,(H,16,19)/t11?,12-,13?/m0/s1. The lowest BCUT2D eigenvalue weighted by atomic mass is 10.1. The number of carbonyl (C=O) groups is 2. The van der Waals surface area contributed by atoms with Crippen LogP contribution in [0.2, 0.25) is 0 Å². The minimum Gasteiger partial charge on any atom is -0.350 e. The third-order valence-electron chi connectivity index (χ3n) is 4.01. The summed E-state index contributed by atoms with van der Waals surface area (Å²) in [7, 11) is 0. The van der Waals surface area contributed by atoms with E-state index in [-0.39, 0.29) is 17.9 Å². The first-order chi connectivity index (χ1) is 9.16. The zero-order chi connectivity index (χ0) is 13.4. The van der Waals surface area contributed by atoms with Crippen LogP contribution in [0.4, 0.5) is 0 Å². The number of rotatable bonds is 3. The minimum absolute atomic E-state index is 0.00581. The van der Waals surface area contributed by atoms with E-state index in [1.807, 2.05) is 12.1 Å². The van der Waals surface area contributed by atoms with E-state index < -0.39 is 0 Å². The summed E-state index contributed by atoms with van der Waals surface area (Å²) < 4.78 is 0. The van der Waals surface area contributed by atoms with Crippen LogP contribution < -0.4 is 5.32 Å². The largest absolute Gasteiger partial charge is 0.350 e. The Bertz CT molecular complexity index is 503. The van der Waals surface area contributed by atoms with Gasteiger partial charge in [0.1, 0.15) is 6.04 Å². The highest BCUT2D eigenvalue weighted by atomic mass is 16.2. The third kappa shape index (κ3) is 2.32. The van der Waals surface area contributed by atoms with Crippen LogP contribution in [0, 0.1) is 11.8 Å². The number of aromatic nitrogens is 1. The molecule has 1 aliphatic heterocycles. The SMILES string of the molecule is CC(=O)N1CC2C[C@@H]2C1C(=O)NCc1cccnc1. The maximum atomic E-state index is 12.2. The van der Waals surface area contributed by atoms with Gasteiger partial charge in [0, 0.05) is 32.4 Å². The predicted octanol–water partition coefficient (Wildman–Crippen LogP) is 0.565. The summed E-state index contributed by atoms with van der Waals surface area (Å²) in [6.45, 7) is 2.74. The molecule has 0 bridgehead atoms. The summed E-state index contributed by atoms with van der Waals surface area (Å²) >= 11 is 0. The maximum Gasteiger partial charge on any atom is 0.243 e. The van der Waals surface area contributed by atoms with E-state index in [0.29, 0.717) is 18.4 Å². The highest BCUT2D eigenvalue weighted by Crippen LogP contribution is 2.49. The fourth-order valence-corrected chi connectivity index (χ4v) is 2.92. The molecule has 0 aromatic carbocycles. The summed E-state index contributed by atoms with van der Waals surface area (Å²) in [5.41, 5.74) is 0.968. The van der Waals surface area contributed by atoms with Crippen LogP contribution in [-0.4, -0.2) is 34.3 Å². The highest BCUT2D eigenvalue weighted by Gasteiger charge is 2.56. The molecule has 19 heavy (non-hydrogen) atoms. The van der Waals surface area contributed by atoms with Crippen LogP contribution in [0.1, 0.15) is 18.9 Å². The number of piperidine rings is 1. The fraction of sp³-hybridized carbons (Fsp3) is 0.500. The van der Waals surface area contributed by atoms with E-state index in [1.165, 1.54) is 6.92 Å². The second kappa shape index (κ2) is 4.64. The number of nitrogens with zero attached hydrogens (tertiary/aromatic N) is 2. The van der Waals surface area contributed by atoms with E-state index >= 15 is 0 Å². The van der Waals surface area contributed by atoms with Crippen molar-refractivity contribution in [2.24, 2.45) is 11.8 Å². The Morgan fingerprint density at radius 3 is 3.05 bits per heavy atom. The van der Waals surface area contributed by atoms with Crippen molar-refractivity contribution in [2.75, 3.05) is 6.54 Å². The summed E-state index contributed by atoms with van der Waals surface area (Å²) in [5, 5.41) is 2.91. The van der Waals surface area contributed by atoms with E-state index in [2.05, 4.69) is 10.3 Å². The van der Waals surface area contributed by atoms with E-state index in [1.54, 1.807) is 17.3 Å². The molecule has 1 aromatic rings. The molecule has 1 saturated carbocycles. The van der Waals surface area contributed by atoms with Crippen LogP contribution in [0.5, 0.6) is 0 Å². The molecule has 3 rings (SSSR count). The maximum absolute atomic E-state index is 12.2.